The molecule has 0 saturated heterocycles. The van der Waals surface area contributed by atoms with Gasteiger partial charge in [0.05, 0.1) is 16.8 Å². The maximum atomic E-state index is 13.4. The third kappa shape index (κ3) is 3.69. The average Bonchev–Trinajstić information content (AvgIpc) is 3.19. The first-order chi connectivity index (χ1) is 14.7. The number of amides is 1. The standard InChI is InChI=1S/C22H16ClN3O3S/c23-16-5-3-15(4-6-16)21(27)26(13-14-2-1-7-24-12-14)22-25-17-10-18-19(11-20(17)30-22)29-9-8-28-18/h1-7,10-12H,8-9,13H2. The van der Waals surface area contributed by atoms with Gasteiger partial charge >= 0.3 is 0 Å². The Morgan fingerprint density at radius 1 is 1.10 bits per heavy atom. The first-order valence-electron chi connectivity index (χ1n) is 9.34. The van der Waals surface area contributed by atoms with Crippen molar-refractivity contribution in [2.24, 2.45) is 0 Å². The van der Waals surface area contributed by atoms with Gasteiger partial charge < -0.3 is 9.47 Å². The van der Waals surface area contributed by atoms with Crippen molar-refractivity contribution in [1.29, 1.82) is 0 Å². The Morgan fingerprint density at radius 3 is 2.60 bits per heavy atom. The molecule has 5 rings (SSSR count). The number of halogens is 1. The van der Waals surface area contributed by atoms with Crippen LogP contribution in [0, 0.1) is 0 Å². The molecule has 1 aliphatic heterocycles. The van der Waals surface area contributed by atoms with Crippen LogP contribution in [0.25, 0.3) is 10.2 Å². The lowest BCUT2D eigenvalue weighted by molar-refractivity contribution is 0.0985. The fourth-order valence-corrected chi connectivity index (χ4v) is 4.32. The Morgan fingerprint density at radius 2 is 1.87 bits per heavy atom. The molecule has 8 heteroatoms. The molecule has 6 nitrogen and oxygen atoms in total. The lowest BCUT2D eigenvalue weighted by Crippen LogP contribution is -2.30. The number of rotatable bonds is 4. The monoisotopic (exact) mass is 437 g/mol. The highest BCUT2D eigenvalue weighted by Gasteiger charge is 2.23. The number of anilines is 1. The maximum absolute atomic E-state index is 13.4. The van der Waals surface area contributed by atoms with Crippen LogP contribution in [0.15, 0.2) is 60.9 Å². The second-order valence-electron chi connectivity index (χ2n) is 6.72. The largest absolute Gasteiger partial charge is 0.486 e. The van der Waals surface area contributed by atoms with E-state index in [1.165, 1.54) is 11.3 Å². The lowest BCUT2D eigenvalue weighted by atomic mass is 10.2. The number of hydrogen-bond donors (Lipinski definition) is 0. The molecule has 0 spiro atoms. The number of aromatic nitrogens is 2. The Bertz CT molecular complexity index is 1170. The number of benzene rings is 2. The highest BCUT2D eigenvalue weighted by Crippen LogP contribution is 2.39. The summed E-state index contributed by atoms with van der Waals surface area (Å²) in [4.78, 5) is 23.9. The summed E-state index contributed by atoms with van der Waals surface area (Å²) in [6.45, 7) is 1.38. The van der Waals surface area contributed by atoms with Crippen LogP contribution in [0.3, 0.4) is 0 Å². The van der Waals surface area contributed by atoms with Crippen LogP contribution in [0.5, 0.6) is 11.5 Å². The summed E-state index contributed by atoms with van der Waals surface area (Å²) < 4.78 is 12.3. The average molecular weight is 438 g/mol. The molecule has 150 valence electrons. The van der Waals surface area contributed by atoms with Gasteiger partial charge in [-0.05, 0) is 35.9 Å². The predicted octanol–water partition coefficient (Wildman–Crippen LogP) is 4.96. The van der Waals surface area contributed by atoms with E-state index in [1.807, 2.05) is 24.3 Å². The summed E-state index contributed by atoms with van der Waals surface area (Å²) in [5.74, 6) is 1.21. The first-order valence-corrected chi connectivity index (χ1v) is 10.5. The van der Waals surface area contributed by atoms with Gasteiger partial charge in [-0.1, -0.05) is 29.0 Å². The summed E-state index contributed by atoms with van der Waals surface area (Å²) >= 11 is 7.43. The molecule has 0 N–H and O–H groups in total. The molecule has 1 aliphatic rings. The molecule has 2 aromatic carbocycles. The third-order valence-corrected chi connectivity index (χ3v) is 5.96. The van der Waals surface area contributed by atoms with Crippen molar-refractivity contribution >= 4 is 44.2 Å². The molecule has 1 amide bonds. The van der Waals surface area contributed by atoms with Crippen LogP contribution in [-0.4, -0.2) is 29.1 Å². The van der Waals surface area contributed by atoms with E-state index in [4.69, 9.17) is 26.1 Å². The molecule has 3 heterocycles. The van der Waals surface area contributed by atoms with Crippen LogP contribution in [0.4, 0.5) is 5.13 Å². The van der Waals surface area contributed by atoms with E-state index in [2.05, 4.69) is 4.98 Å². The molecule has 0 aliphatic carbocycles. The number of carbonyl (C=O) groups excluding carboxylic acids is 1. The zero-order valence-electron chi connectivity index (χ0n) is 15.7. The van der Waals surface area contributed by atoms with Gasteiger partial charge in [-0.25, -0.2) is 4.98 Å². The summed E-state index contributed by atoms with van der Waals surface area (Å²) in [5, 5.41) is 1.17. The van der Waals surface area contributed by atoms with E-state index < -0.39 is 0 Å². The van der Waals surface area contributed by atoms with Gasteiger partial charge in [0, 0.05) is 35.1 Å². The van der Waals surface area contributed by atoms with Crippen molar-refractivity contribution in [2.45, 2.75) is 6.54 Å². The van der Waals surface area contributed by atoms with Crippen LogP contribution in [-0.2, 0) is 6.54 Å². The Balaban J connectivity index is 1.56. The maximum Gasteiger partial charge on any atom is 0.260 e. The Labute approximate surface area is 181 Å². The van der Waals surface area contributed by atoms with Gasteiger partial charge in [0.2, 0.25) is 0 Å². The minimum Gasteiger partial charge on any atom is -0.486 e. The van der Waals surface area contributed by atoms with Crippen molar-refractivity contribution in [2.75, 3.05) is 18.1 Å². The zero-order valence-corrected chi connectivity index (χ0v) is 17.3. The van der Waals surface area contributed by atoms with E-state index in [0.717, 1.165) is 15.8 Å². The lowest BCUT2D eigenvalue weighted by Gasteiger charge is -2.20. The van der Waals surface area contributed by atoms with Gasteiger partial charge in [-0.2, -0.15) is 0 Å². The summed E-state index contributed by atoms with van der Waals surface area (Å²) in [5.41, 5.74) is 2.21. The second kappa shape index (κ2) is 7.93. The molecular weight excluding hydrogens is 422 g/mol. The van der Waals surface area contributed by atoms with Crippen molar-refractivity contribution in [3.05, 3.63) is 77.1 Å². The molecule has 0 saturated carbocycles. The number of thiazole rings is 1. The first kappa shape index (κ1) is 18.8. The van der Waals surface area contributed by atoms with Crippen LogP contribution in [0.1, 0.15) is 15.9 Å². The minimum absolute atomic E-state index is 0.160. The molecule has 4 aromatic rings. The van der Waals surface area contributed by atoms with Gasteiger partial charge in [0.15, 0.2) is 16.6 Å². The minimum atomic E-state index is -0.160. The number of hydrogen-bond acceptors (Lipinski definition) is 6. The molecule has 0 atom stereocenters. The summed E-state index contributed by atoms with van der Waals surface area (Å²) in [7, 11) is 0. The third-order valence-electron chi connectivity index (χ3n) is 4.67. The van der Waals surface area contributed by atoms with Crippen molar-refractivity contribution in [1.82, 2.24) is 9.97 Å². The Kier molecular flexibility index (Phi) is 4.98. The number of carbonyl (C=O) groups is 1. The van der Waals surface area contributed by atoms with E-state index in [1.54, 1.807) is 41.6 Å². The van der Waals surface area contributed by atoms with E-state index in [-0.39, 0.29) is 5.91 Å². The van der Waals surface area contributed by atoms with Crippen LogP contribution >= 0.6 is 22.9 Å². The van der Waals surface area contributed by atoms with E-state index in [9.17, 15) is 4.79 Å². The highest BCUT2D eigenvalue weighted by atomic mass is 35.5. The topological polar surface area (TPSA) is 64.6 Å². The number of ether oxygens (including phenoxy) is 2. The number of pyridine rings is 1. The normalized spacial score (nSPS) is 12.7. The van der Waals surface area contributed by atoms with Gasteiger partial charge in [0.1, 0.15) is 13.2 Å². The zero-order chi connectivity index (χ0) is 20.5. The summed E-state index contributed by atoms with van der Waals surface area (Å²) in [6, 6.07) is 14.4. The smallest absolute Gasteiger partial charge is 0.260 e. The van der Waals surface area contributed by atoms with E-state index in [0.29, 0.717) is 47.0 Å². The van der Waals surface area contributed by atoms with Crippen molar-refractivity contribution < 1.29 is 14.3 Å². The predicted molar refractivity (Wildman–Crippen MR) is 117 cm³/mol. The molecule has 30 heavy (non-hydrogen) atoms. The summed E-state index contributed by atoms with van der Waals surface area (Å²) in [6.07, 6.45) is 3.45. The molecule has 2 aromatic heterocycles. The number of nitrogens with zero attached hydrogens (tertiary/aromatic N) is 3. The molecule has 0 unspecified atom stereocenters. The van der Waals surface area contributed by atoms with Gasteiger partial charge in [0.25, 0.3) is 5.91 Å². The van der Waals surface area contributed by atoms with Crippen LogP contribution < -0.4 is 14.4 Å². The highest BCUT2D eigenvalue weighted by molar-refractivity contribution is 7.22. The van der Waals surface area contributed by atoms with Crippen molar-refractivity contribution in [3.63, 3.8) is 0 Å². The molecule has 0 bridgehead atoms. The number of fused-ring (bicyclic) bond motifs is 2. The quantitative estimate of drug-likeness (QED) is 0.451. The second-order valence-corrected chi connectivity index (χ2v) is 8.17. The van der Waals surface area contributed by atoms with Crippen molar-refractivity contribution in [3.8, 4) is 11.5 Å². The molecular formula is C22H16ClN3O3S. The Hall–Kier alpha value is -3.16. The fourth-order valence-electron chi connectivity index (χ4n) is 3.22. The van der Waals surface area contributed by atoms with Gasteiger partial charge in [-0.15, -0.1) is 0 Å². The fraction of sp³-hybridized carbons (Fsp3) is 0.136. The SMILES string of the molecule is O=C(c1ccc(Cl)cc1)N(Cc1cccnc1)c1nc2cc3c(cc2s1)OCCO3. The molecule has 0 radical (unpaired) electrons. The van der Waals surface area contributed by atoms with E-state index >= 15 is 0 Å². The molecule has 0 fully saturated rings. The van der Waals surface area contributed by atoms with Gasteiger partial charge in [-0.3, -0.25) is 14.7 Å². The van der Waals surface area contributed by atoms with Crippen LogP contribution in [0.2, 0.25) is 5.02 Å².